The van der Waals surface area contributed by atoms with E-state index in [9.17, 15) is 0 Å². The van der Waals surface area contributed by atoms with Crippen molar-refractivity contribution in [2.24, 2.45) is 5.92 Å². The van der Waals surface area contributed by atoms with Crippen LogP contribution in [0.3, 0.4) is 0 Å². The van der Waals surface area contributed by atoms with Gasteiger partial charge in [-0.1, -0.05) is 181 Å². The molecule has 0 saturated heterocycles. The van der Waals surface area contributed by atoms with Crippen molar-refractivity contribution in [1.82, 2.24) is 49.8 Å². The third-order valence-electron chi connectivity index (χ3n) is 19.8. The number of fused-ring (bicyclic) bond motifs is 9. The molecule has 0 spiro atoms. The van der Waals surface area contributed by atoms with Crippen molar-refractivity contribution in [2.45, 2.75) is 127 Å². The molecule has 0 bridgehead atoms. The van der Waals surface area contributed by atoms with Gasteiger partial charge in [-0.15, -0.1) is 161 Å². The monoisotopic (exact) mass is 2180 g/mol. The summed E-state index contributed by atoms with van der Waals surface area (Å²) in [5.41, 5.74) is 21.4. The first-order valence-electron chi connectivity index (χ1n) is 39.6. The van der Waals surface area contributed by atoms with E-state index >= 15 is 0 Å². The Morgan fingerprint density at radius 2 is 0.800 bits per heavy atom. The first-order chi connectivity index (χ1) is 56.0. The zero-order valence-corrected chi connectivity index (χ0v) is 82.3. The van der Waals surface area contributed by atoms with Crippen LogP contribution in [0.5, 0.6) is 0 Å². The molecule has 0 aliphatic heterocycles. The Hall–Kier alpha value is -10.2. The number of aryl methyl sites for hydroxylation is 4. The predicted molar refractivity (Wildman–Crippen MR) is 493 cm³/mol. The van der Waals surface area contributed by atoms with Gasteiger partial charge in [0.05, 0.1) is 43.5 Å². The van der Waals surface area contributed by atoms with E-state index in [1.807, 2.05) is 198 Å². The summed E-state index contributed by atoms with van der Waals surface area (Å²) in [7, 11) is -5.36. The quantitative estimate of drug-likeness (QED) is 0.0838. The van der Waals surface area contributed by atoms with E-state index in [0.717, 1.165) is 129 Å². The number of pyridine rings is 10. The predicted octanol–water partition coefficient (Wildman–Crippen LogP) is 23.2. The van der Waals surface area contributed by atoms with Gasteiger partial charge in [0.1, 0.15) is 5.71 Å². The Balaban J connectivity index is 0.000000154. The van der Waals surface area contributed by atoms with Crippen LogP contribution >= 0.6 is 0 Å². The molecule has 0 amide bonds. The third-order valence-corrected chi connectivity index (χ3v) is 27.9. The minimum absolute atomic E-state index is 0. The molecule has 18 rings (SSSR count). The molecular weight excluding hydrogens is 2080 g/mol. The van der Waals surface area contributed by atoms with Crippen LogP contribution in [0.4, 0.5) is 0 Å². The Morgan fingerprint density at radius 3 is 1.26 bits per heavy atom. The molecule has 0 atom stereocenters. The van der Waals surface area contributed by atoms with Gasteiger partial charge >= 0.3 is 0 Å². The van der Waals surface area contributed by atoms with Crippen LogP contribution in [0.15, 0.2) is 263 Å². The Bertz CT molecular complexity index is 6310. The van der Waals surface area contributed by atoms with Gasteiger partial charge in [-0.05, 0) is 154 Å². The zero-order valence-electron chi connectivity index (χ0n) is 71.2. The molecule has 0 saturated carbocycles. The molecular formula is C100H98Ir3N10O3Si4-6. The third kappa shape index (κ3) is 23.3. The fourth-order valence-corrected chi connectivity index (χ4v) is 17.8. The maximum absolute atomic E-state index is 6.16. The molecule has 0 aliphatic carbocycles. The smallest absolute Gasteiger partial charge is 0.217 e. The van der Waals surface area contributed by atoms with E-state index in [4.69, 9.17) is 18.2 Å². The normalized spacial score (nSPS) is 11.3. The fraction of sp³-hybridized carbons (Fsp3) is 0.200. The summed E-state index contributed by atoms with van der Waals surface area (Å²) in [6, 6.07) is 85.1. The minimum Gasteiger partial charge on any atom is -0.486 e. The molecule has 5 aromatic carbocycles. The second-order valence-electron chi connectivity index (χ2n) is 33.9. The van der Waals surface area contributed by atoms with Crippen LogP contribution in [0.25, 0.3) is 134 Å². The van der Waals surface area contributed by atoms with Crippen molar-refractivity contribution < 1.29 is 73.6 Å². The minimum atomic E-state index is -1.46. The SMILES string of the molecule is C[Si](C)(C)c1ccc(-c2[c-]cc3oc4ncccc4c3c2)nc1.C[Si](C)(C)c1ccc(-c2[c-]cccc2)nc1.Cc1ccc(-c2[c-]cccc2)nc1.Cc1ccc(-c2[c-]cccc2)nc1.Cc1ccc2c(n1)oc1c(-c3cc(CC(C)C)c([Si](C)(C)C)cn3)[c-]ccc12.Cc1ccc2c(n1)oc1n[c-]c(-c3ccc([Si](C)(C)C)cn3)cc12.[Ir].[Ir].[Ir]. The van der Waals surface area contributed by atoms with Crippen LogP contribution in [-0.4, -0.2) is 82.1 Å². The number of hydrogen-bond donors (Lipinski definition) is 0. The van der Waals surface area contributed by atoms with Crippen molar-refractivity contribution >= 4 is 119 Å². The molecule has 18 aromatic rings. The van der Waals surface area contributed by atoms with Gasteiger partial charge in [-0.2, -0.15) is 0 Å². The molecule has 13 heterocycles. The maximum Gasteiger partial charge on any atom is 0.217 e. The Labute approximate surface area is 750 Å². The van der Waals surface area contributed by atoms with Gasteiger partial charge in [-0.25, -0.2) is 15.0 Å². The first-order valence-corrected chi connectivity index (χ1v) is 53.6. The molecule has 13 nitrogen and oxygen atoms in total. The summed E-state index contributed by atoms with van der Waals surface area (Å²) in [5.74, 6) is 0.600. The fourth-order valence-electron chi connectivity index (χ4n) is 13.1. The summed E-state index contributed by atoms with van der Waals surface area (Å²) in [6.45, 7) is 40.6. The summed E-state index contributed by atoms with van der Waals surface area (Å²) in [4.78, 5) is 44.8. The largest absolute Gasteiger partial charge is 0.486 e. The van der Waals surface area contributed by atoms with Crippen LogP contribution in [-0.2, 0) is 66.7 Å². The molecule has 120 heavy (non-hydrogen) atoms. The molecule has 13 aromatic heterocycles. The average molecular weight is 2180 g/mol. The second-order valence-corrected chi connectivity index (χ2v) is 54.2. The average Bonchev–Trinajstić information content (AvgIpc) is 1.58. The van der Waals surface area contributed by atoms with Crippen LogP contribution in [0.2, 0.25) is 78.6 Å². The zero-order chi connectivity index (χ0) is 82.8. The standard InChI is InChI=1S/C24H27N2OSi.C19H18N3OSi.C19H17N2OSi.C14H16NSi.2C12H10N.3Ir/c1-15(2)12-17-13-21(25-14-22(17)28(4,5)6)20-9-7-8-18-19-11-10-16(3)26-24(19)27-23(18)20;1-12-5-7-15-16-9-13(10-21-18(16)23-19(15)22-12)17-8-6-14(11-20-17)24(2,3)4;1-23(2,3)14-7-8-17(21-12-14)13-6-9-18-16(11-13)15-5-4-10-20-19(15)22-18;1-16(2,3)13-9-10-14(15-11-13)12-7-5-4-6-8-12;2*1-10-7-8-12(13-9-10)11-5-3-2-4-6-11;;;/h7-8,10-11,13-15H,12H2,1-6H3;5-9,11H,1-4H3;4-5,7-12H,1-3H3;4-7,9-11H,1-3H3;2*2-5,7-9H,1H3;;;/q6*-1;;;. The van der Waals surface area contributed by atoms with E-state index in [2.05, 4.69) is 247 Å². The molecule has 3 radical (unpaired) electrons. The van der Waals surface area contributed by atoms with Crippen molar-refractivity contribution in [3.8, 4) is 67.5 Å². The van der Waals surface area contributed by atoms with E-state index in [0.29, 0.717) is 28.8 Å². The molecule has 0 N–H and O–H groups in total. The summed E-state index contributed by atoms with van der Waals surface area (Å²) in [5, 5.41) is 11.6. The number of furan rings is 3. The van der Waals surface area contributed by atoms with Crippen LogP contribution < -0.4 is 20.7 Å². The van der Waals surface area contributed by atoms with E-state index in [1.54, 1.807) is 6.20 Å². The number of benzene rings is 5. The van der Waals surface area contributed by atoms with Gasteiger partial charge in [0.2, 0.25) is 17.1 Å². The van der Waals surface area contributed by atoms with Gasteiger partial charge in [0.15, 0.2) is 0 Å². The first kappa shape index (κ1) is 92.1. The Morgan fingerprint density at radius 1 is 0.342 bits per heavy atom. The van der Waals surface area contributed by atoms with Gasteiger partial charge in [0, 0.05) is 131 Å². The van der Waals surface area contributed by atoms with E-state index in [1.165, 1.54) is 37.4 Å². The summed E-state index contributed by atoms with van der Waals surface area (Å²) < 4.78 is 17.6. The van der Waals surface area contributed by atoms with Gasteiger partial charge < -0.3 is 48.1 Å². The maximum atomic E-state index is 6.16. The molecule has 0 unspecified atom stereocenters. The summed E-state index contributed by atoms with van der Waals surface area (Å²) in [6.07, 6.45) is 17.7. The number of rotatable bonds is 12. The van der Waals surface area contributed by atoms with Crippen molar-refractivity contribution in [3.05, 3.63) is 314 Å². The van der Waals surface area contributed by atoms with Crippen molar-refractivity contribution in [1.29, 1.82) is 0 Å². The topological polar surface area (TPSA) is 168 Å². The number of nitrogens with zero attached hydrogens (tertiary/aromatic N) is 10. The molecule has 0 aliphatic rings. The van der Waals surface area contributed by atoms with Gasteiger partial charge in [0.25, 0.3) is 0 Å². The van der Waals surface area contributed by atoms with Crippen molar-refractivity contribution in [2.75, 3.05) is 0 Å². The summed E-state index contributed by atoms with van der Waals surface area (Å²) >= 11 is 0. The van der Waals surface area contributed by atoms with E-state index in [-0.39, 0.29) is 60.3 Å². The number of aromatic nitrogens is 10. The van der Waals surface area contributed by atoms with Crippen LogP contribution in [0.1, 0.15) is 41.9 Å². The van der Waals surface area contributed by atoms with Gasteiger partial charge in [-0.3, -0.25) is 0 Å². The van der Waals surface area contributed by atoms with Crippen LogP contribution in [0, 0.1) is 70.1 Å². The Kier molecular flexibility index (Phi) is 31.1. The van der Waals surface area contributed by atoms with E-state index < -0.39 is 32.3 Å². The second kappa shape index (κ2) is 40.5. The molecule has 20 heteroatoms. The molecule has 615 valence electrons. The van der Waals surface area contributed by atoms with Crippen molar-refractivity contribution in [3.63, 3.8) is 0 Å². The molecule has 0 fully saturated rings. The number of hydrogen-bond acceptors (Lipinski definition) is 13.